The standard InChI is InChI=1S/C14H21N3O2S2/c1-14(2,21(3,18)19)8-16-13-10(12(15)20)7-9-5-4-6-11(9)17-13/h7H,4-6,8H2,1-3H3,(H2,15,20)(H,16,17). The van der Waals surface area contributed by atoms with Crippen LogP contribution in [0.25, 0.3) is 0 Å². The Morgan fingerprint density at radius 3 is 2.71 bits per heavy atom. The Balaban J connectivity index is 2.30. The number of hydrogen-bond donors (Lipinski definition) is 2. The molecule has 1 aromatic rings. The molecule has 1 aromatic heterocycles. The highest BCUT2D eigenvalue weighted by atomic mass is 32.2. The van der Waals surface area contributed by atoms with Gasteiger partial charge in [-0.25, -0.2) is 13.4 Å². The lowest BCUT2D eigenvalue weighted by Gasteiger charge is -2.24. The number of aromatic nitrogens is 1. The van der Waals surface area contributed by atoms with E-state index in [9.17, 15) is 8.42 Å². The lowest BCUT2D eigenvalue weighted by atomic mass is 10.1. The summed E-state index contributed by atoms with van der Waals surface area (Å²) in [7, 11) is -3.17. The van der Waals surface area contributed by atoms with Crippen LogP contribution in [0.15, 0.2) is 6.07 Å². The number of nitrogens with one attached hydrogen (secondary N) is 1. The fraction of sp³-hybridized carbons (Fsp3) is 0.571. The number of sulfone groups is 1. The molecular weight excluding hydrogens is 306 g/mol. The van der Waals surface area contributed by atoms with Gasteiger partial charge in [-0.3, -0.25) is 0 Å². The first-order valence-electron chi connectivity index (χ1n) is 6.88. The van der Waals surface area contributed by atoms with Gasteiger partial charge in [0.25, 0.3) is 0 Å². The molecule has 1 heterocycles. The minimum Gasteiger partial charge on any atom is -0.389 e. The van der Waals surface area contributed by atoms with Crippen LogP contribution in [0, 0.1) is 0 Å². The van der Waals surface area contributed by atoms with Crippen LogP contribution in [0.4, 0.5) is 5.82 Å². The maximum atomic E-state index is 11.8. The van der Waals surface area contributed by atoms with Crippen LogP contribution >= 0.6 is 12.2 Å². The third-order valence-corrected chi connectivity index (χ3v) is 6.37. The molecule has 0 spiro atoms. The molecule has 0 bridgehead atoms. The van der Waals surface area contributed by atoms with Gasteiger partial charge < -0.3 is 11.1 Å². The molecular formula is C14H21N3O2S2. The number of nitrogens with two attached hydrogens (primary N) is 1. The normalized spacial score (nSPS) is 14.8. The van der Waals surface area contributed by atoms with Crippen molar-refractivity contribution in [2.75, 3.05) is 18.1 Å². The van der Waals surface area contributed by atoms with Gasteiger partial charge in [0.05, 0.1) is 10.3 Å². The summed E-state index contributed by atoms with van der Waals surface area (Å²) in [6.45, 7) is 3.62. The topological polar surface area (TPSA) is 85.1 Å². The third-order valence-electron chi connectivity index (χ3n) is 4.00. The van der Waals surface area contributed by atoms with Crippen molar-refractivity contribution in [1.82, 2.24) is 4.98 Å². The highest BCUT2D eigenvalue weighted by Gasteiger charge is 2.30. The minimum atomic E-state index is -3.17. The summed E-state index contributed by atoms with van der Waals surface area (Å²) in [5.41, 5.74) is 8.69. The molecule has 0 radical (unpaired) electrons. The fourth-order valence-electron chi connectivity index (χ4n) is 2.22. The maximum Gasteiger partial charge on any atom is 0.154 e. The second kappa shape index (κ2) is 5.53. The molecule has 2 rings (SSSR count). The number of thiocarbonyl (C=S) groups is 1. The van der Waals surface area contributed by atoms with E-state index in [1.165, 1.54) is 11.8 Å². The lowest BCUT2D eigenvalue weighted by Crippen LogP contribution is -2.38. The molecule has 0 saturated heterocycles. The van der Waals surface area contributed by atoms with Crippen LogP contribution in [0.3, 0.4) is 0 Å². The monoisotopic (exact) mass is 327 g/mol. The lowest BCUT2D eigenvalue weighted by molar-refractivity contribution is 0.559. The fourth-order valence-corrected chi connectivity index (χ4v) is 2.71. The van der Waals surface area contributed by atoms with Crippen molar-refractivity contribution < 1.29 is 8.42 Å². The molecule has 116 valence electrons. The molecule has 0 fully saturated rings. The van der Waals surface area contributed by atoms with E-state index >= 15 is 0 Å². The first-order valence-corrected chi connectivity index (χ1v) is 9.18. The molecule has 3 N–H and O–H groups in total. The summed E-state index contributed by atoms with van der Waals surface area (Å²) in [6, 6.07) is 1.98. The van der Waals surface area contributed by atoms with Gasteiger partial charge in [0, 0.05) is 18.5 Å². The highest BCUT2D eigenvalue weighted by molar-refractivity contribution is 7.92. The van der Waals surface area contributed by atoms with Crippen LogP contribution in [-0.4, -0.2) is 35.9 Å². The van der Waals surface area contributed by atoms with E-state index in [1.807, 2.05) is 6.07 Å². The second-order valence-electron chi connectivity index (χ2n) is 6.09. The Labute approximate surface area is 131 Å². The Bertz CT molecular complexity index is 682. The highest BCUT2D eigenvalue weighted by Crippen LogP contribution is 2.26. The molecule has 5 nitrogen and oxygen atoms in total. The van der Waals surface area contributed by atoms with Gasteiger partial charge in [0.15, 0.2) is 9.84 Å². The predicted octanol–water partition coefficient (Wildman–Crippen LogP) is 1.44. The first-order chi connectivity index (χ1) is 9.62. The van der Waals surface area contributed by atoms with Gasteiger partial charge in [-0.2, -0.15) is 0 Å². The Morgan fingerprint density at radius 1 is 1.48 bits per heavy atom. The summed E-state index contributed by atoms with van der Waals surface area (Å²) >= 11 is 5.08. The zero-order valence-electron chi connectivity index (χ0n) is 12.6. The van der Waals surface area contributed by atoms with Crippen LogP contribution in [-0.2, 0) is 22.7 Å². The van der Waals surface area contributed by atoms with Crippen LogP contribution in [0.5, 0.6) is 0 Å². The molecule has 0 aromatic carbocycles. The van der Waals surface area contributed by atoms with Gasteiger partial charge in [0.2, 0.25) is 0 Å². The molecule has 0 atom stereocenters. The summed E-state index contributed by atoms with van der Waals surface area (Å²) in [5, 5.41) is 3.11. The maximum absolute atomic E-state index is 11.8. The summed E-state index contributed by atoms with van der Waals surface area (Å²) in [4.78, 5) is 4.86. The smallest absolute Gasteiger partial charge is 0.154 e. The number of pyridine rings is 1. The second-order valence-corrected chi connectivity index (χ2v) is 9.18. The zero-order chi connectivity index (χ0) is 15.8. The number of anilines is 1. The molecule has 1 aliphatic rings. The van der Waals surface area contributed by atoms with Gasteiger partial charge in [-0.15, -0.1) is 0 Å². The quantitative estimate of drug-likeness (QED) is 0.796. The van der Waals surface area contributed by atoms with E-state index in [4.69, 9.17) is 18.0 Å². The average Bonchev–Trinajstić information content (AvgIpc) is 2.80. The Hall–Kier alpha value is -1.21. The molecule has 21 heavy (non-hydrogen) atoms. The summed E-state index contributed by atoms with van der Waals surface area (Å²) < 4.78 is 22.7. The summed E-state index contributed by atoms with van der Waals surface area (Å²) in [6.07, 6.45) is 4.25. The number of aryl methyl sites for hydroxylation is 2. The zero-order valence-corrected chi connectivity index (χ0v) is 14.2. The number of fused-ring (bicyclic) bond motifs is 1. The van der Waals surface area contributed by atoms with E-state index in [-0.39, 0.29) is 11.5 Å². The van der Waals surface area contributed by atoms with Gasteiger partial charge in [-0.05, 0) is 44.7 Å². The van der Waals surface area contributed by atoms with Crippen molar-refractivity contribution >= 4 is 32.9 Å². The minimum absolute atomic E-state index is 0.257. The predicted molar refractivity (Wildman–Crippen MR) is 89.6 cm³/mol. The van der Waals surface area contributed by atoms with E-state index in [0.717, 1.165) is 25.0 Å². The van der Waals surface area contributed by atoms with Gasteiger partial charge >= 0.3 is 0 Å². The van der Waals surface area contributed by atoms with Crippen molar-refractivity contribution in [3.05, 3.63) is 22.9 Å². The van der Waals surface area contributed by atoms with Crippen molar-refractivity contribution in [1.29, 1.82) is 0 Å². The van der Waals surface area contributed by atoms with E-state index in [2.05, 4.69) is 10.3 Å². The van der Waals surface area contributed by atoms with Crippen molar-refractivity contribution in [2.45, 2.75) is 37.9 Å². The molecule has 0 saturated carbocycles. The Morgan fingerprint density at radius 2 is 2.14 bits per heavy atom. The van der Waals surface area contributed by atoms with Gasteiger partial charge in [0.1, 0.15) is 10.8 Å². The molecule has 0 amide bonds. The molecule has 0 unspecified atom stereocenters. The molecule has 7 heteroatoms. The van der Waals surface area contributed by atoms with E-state index in [1.54, 1.807) is 13.8 Å². The van der Waals surface area contributed by atoms with Crippen molar-refractivity contribution in [3.8, 4) is 0 Å². The Kier molecular flexibility index (Phi) is 4.26. The molecule has 1 aliphatic carbocycles. The van der Waals surface area contributed by atoms with Crippen molar-refractivity contribution in [3.63, 3.8) is 0 Å². The molecule has 0 aliphatic heterocycles. The SMILES string of the molecule is CC(C)(CNc1nc2c(cc1C(N)=S)CCC2)S(C)(=O)=O. The summed E-state index contributed by atoms with van der Waals surface area (Å²) in [5.74, 6) is 0.583. The van der Waals surface area contributed by atoms with Gasteiger partial charge in [-0.1, -0.05) is 12.2 Å². The number of hydrogen-bond acceptors (Lipinski definition) is 5. The van der Waals surface area contributed by atoms with Crippen LogP contribution in [0.1, 0.15) is 37.1 Å². The largest absolute Gasteiger partial charge is 0.389 e. The first kappa shape index (κ1) is 16.2. The van der Waals surface area contributed by atoms with Crippen LogP contribution < -0.4 is 11.1 Å². The van der Waals surface area contributed by atoms with E-state index < -0.39 is 14.6 Å². The number of rotatable bonds is 5. The van der Waals surface area contributed by atoms with Crippen LogP contribution in [0.2, 0.25) is 0 Å². The average molecular weight is 327 g/mol. The van der Waals surface area contributed by atoms with Crippen molar-refractivity contribution in [2.24, 2.45) is 5.73 Å². The third kappa shape index (κ3) is 3.35. The van der Waals surface area contributed by atoms with E-state index in [0.29, 0.717) is 11.4 Å². The number of nitrogens with zero attached hydrogens (tertiary/aromatic N) is 1.